The first kappa shape index (κ1) is 24.1. The number of ether oxygens (including phenoxy) is 2. The third-order valence-electron chi connectivity index (χ3n) is 6.23. The Bertz CT molecular complexity index is 814. The van der Waals surface area contributed by atoms with E-state index in [4.69, 9.17) is 9.47 Å². The molecule has 3 rings (SSSR count). The van der Waals surface area contributed by atoms with Crippen LogP contribution in [0.4, 0.5) is 0 Å². The molecule has 0 saturated heterocycles. The molecular formula is C29H38O3. The molecule has 0 heterocycles. The quantitative estimate of drug-likeness (QED) is 0.146. The SMILES string of the molecule is CCCCCCCCOc1ccc(C=CC(=O)Oc2ccc(C3CCCCC3)cc2)cc1. The van der Waals surface area contributed by atoms with Crippen molar-refractivity contribution in [3.05, 3.63) is 65.7 Å². The summed E-state index contributed by atoms with van der Waals surface area (Å²) >= 11 is 0. The van der Waals surface area contributed by atoms with Crippen LogP contribution in [-0.4, -0.2) is 12.6 Å². The second-order valence-electron chi connectivity index (χ2n) is 8.84. The fourth-order valence-corrected chi connectivity index (χ4v) is 4.31. The van der Waals surface area contributed by atoms with E-state index in [1.165, 1.54) is 75.8 Å². The van der Waals surface area contributed by atoms with Gasteiger partial charge in [-0.1, -0.05) is 82.6 Å². The van der Waals surface area contributed by atoms with E-state index in [9.17, 15) is 4.79 Å². The predicted octanol–water partition coefficient (Wildman–Crippen LogP) is 8.09. The molecule has 32 heavy (non-hydrogen) atoms. The molecule has 0 aromatic heterocycles. The first-order valence-electron chi connectivity index (χ1n) is 12.5. The molecule has 2 aromatic rings. The van der Waals surface area contributed by atoms with Crippen LogP contribution in [0.25, 0.3) is 6.08 Å². The Kier molecular flexibility index (Phi) is 10.4. The van der Waals surface area contributed by atoms with E-state index in [1.54, 1.807) is 6.08 Å². The largest absolute Gasteiger partial charge is 0.494 e. The molecule has 0 atom stereocenters. The van der Waals surface area contributed by atoms with Crippen molar-refractivity contribution in [2.45, 2.75) is 83.5 Å². The maximum atomic E-state index is 12.2. The summed E-state index contributed by atoms with van der Waals surface area (Å²) in [5, 5.41) is 0. The zero-order chi connectivity index (χ0) is 22.4. The number of unbranched alkanes of at least 4 members (excludes halogenated alkanes) is 5. The average Bonchev–Trinajstić information content (AvgIpc) is 2.84. The Morgan fingerprint density at radius 1 is 0.844 bits per heavy atom. The maximum absolute atomic E-state index is 12.2. The molecule has 0 spiro atoms. The number of carbonyl (C=O) groups excluding carboxylic acids is 1. The van der Waals surface area contributed by atoms with Gasteiger partial charge in [-0.2, -0.15) is 0 Å². The van der Waals surface area contributed by atoms with Crippen LogP contribution in [0.2, 0.25) is 0 Å². The molecule has 3 nitrogen and oxygen atoms in total. The lowest BCUT2D eigenvalue weighted by Gasteiger charge is -2.21. The molecule has 0 bridgehead atoms. The van der Waals surface area contributed by atoms with Crippen molar-refractivity contribution >= 4 is 12.0 Å². The Morgan fingerprint density at radius 3 is 2.22 bits per heavy atom. The number of esters is 1. The van der Waals surface area contributed by atoms with Gasteiger partial charge in [-0.15, -0.1) is 0 Å². The van der Waals surface area contributed by atoms with Gasteiger partial charge in [0.25, 0.3) is 0 Å². The molecule has 1 aliphatic carbocycles. The van der Waals surface area contributed by atoms with Crippen molar-refractivity contribution in [3.8, 4) is 11.5 Å². The average molecular weight is 435 g/mol. The van der Waals surface area contributed by atoms with E-state index in [2.05, 4.69) is 19.1 Å². The summed E-state index contributed by atoms with van der Waals surface area (Å²) in [6.45, 7) is 2.99. The van der Waals surface area contributed by atoms with E-state index >= 15 is 0 Å². The van der Waals surface area contributed by atoms with Gasteiger partial charge in [-0.3, -0.25) is 0 Å². The van der Waals surface area contributed by atoms with E-state index in [0.717, 1.165) is 24.3 Å². The lowest BCUT2D eigenvalue weighted by atomic mass is 9.84. The highest BCUT2D eigenvalue weighted by atomic mass is 16.5. The highest BCUT2D eigenvalue weighted by molar-refractivity contribution is 5.88. The third kappa shape index (κ3) is 8.53. The second kappa shape index (κ2) is 13.8. The minimum atomic E-state index is -0.362. The molecule has 0 amide bonds. The Hall–Kier alpha value is -2.55. The lowest BCUT2D eigenvalue weighted by molar-refractivity contribution is -0.128. The number of hydrogen-bond acceptors (Lipinski definition) is 3. The van der Waals surface area contributed by atoms with Gasteiger partial charge in [-0.25, -0.2) is 4.79 Å². The Morgan fingerprint density at radius 2 is 1.50 bits per heavy atom. The molecule has 1 fully saturated rings. The van der Waals surface area contributed by atoms with Gasteiger partial charge in [0, 0.05) is 6.08 Å². The minimum absolute atomic E-state index is 0.362. The minimum Gasteiger partial charge on any atom is -0.494 e. The predicted molar refractivity (Wildman–Crippen MR) is 132 cm³/mol. The smallest absolute Gasteiger partial charge is 0.336 e. The second-order valence-corrected chi connectivity index (χ2v) is 8.84. The van der Waals surface area contributed by atoms with E-state index in [0.29, 0.717) is 11.7 Å². The van der Waals surface area contributed by atoms with Gasteiger partial charge in [0.1, 0.15) is 11.5 Å². The van der Waals surface area contributed by atoms with Crippen LogP contribution in [0.3, 0.4) is 0 Å². The standard InChI is InChI=1S/C29H38O3/c1-2-3-4-5-6-10-23-31-27-18-13-24(14-19-27)15-22-29(30)32-28-20-16-26(17-21-28)25-11-8-7-9-12-25/h13-22,25H,2-12,23H2,1H3. The van der Waals surface area contributed by atoms with Crippen LogP contribution in [0.5, 0.6) is 11.5 Å². The van der Waals surface area contributed by atoms with Gasteiger partial charge in [-0.05, 0) is 66.6 Å². The fraction of sp³-hybridized carbons (Fsp3) is 0.483. The van der Waals surface area contributed by atoms with E-state index < -0.39 is 0 Å². The van der Waals surface area contributed by atoms with Crippen molar-refractivity contribution in [2.24, 2.45) is 0 Å². The van der Waals surface area contributed by atoms with E-state index in [-0.39, 0.29) is 5.97 Å². The molecule has 3 heteroatoms. The Labute approximate surface area is 193 Å². The van der Waals surface area contributed by atoms with Gasteiger partial charge in [0.15, 0.2) is 0 Å². The Balaban J connectivity index is 1.38. The van der Waals surface area contributed by atoms with Gasteiger partial charge in [0.05, 0.1) is 6.61 Å². The van der Waals surface area contributed by atoms with Gasteiger partial charge in [0.2, 0.25) is 0 Å². The first-order chi connectivity index (χ1) is 15.7. The first-order valence-corrected chi connectivity index (χ1v) is 12.5. The van der Waals surface area contributed by atoms with E-state index in [1.807, 2.05) is 36.4 Å². The third-order valence-corrected chi connectivity index (χ3v) is 6.23. The van der Waals surface area contributed by atoms with Crippen LogP contribution in [0, 0.1) is 0 Å². The number of rotatable bonds is 12. The van der Waals surface area contributed by atoms with Crippen molar-refractivity contribution in [3.63, 3.8) is 0 Å². The monoisotopic (exact) mass is 434 g/mol. The highest BCUT2D eigenvalue weighted by Crippen LogP contribution is 2.33. The van der Waals surface area contributed by atoms with Crippen molar-refractivity contribution in [1.29, 1.82) is 0 Å². The summed E-state index contributed by atoms with van der Waals surface area (Å²) < 4.78 is 11.3. The molecule has 0 unspecified atom stereocenters. The van der Waals surface area contributed by atoms with Crippen molar-refractivity contribution in [1.82, 2.24) is 0 Å². The van der Waals surface area contributed by atoms with Crippen LogP contribution < -0.4 is 9.47 Å². The van der Waals surface area contributed by atoms with Gasteiger partial charge >= 0.3 is 5.97 Å². The number of benzene rings is 2. The number of carbonyl (C=O) groups is 1. The van der Waals surface area contributed by atoms with Crippen molar-refractivity contribution in [2.75, 3.05) is 6.61 Å². The fourth-order valence-electron chi connectivity index (χ4n) is 4.31. The van der Waals surface area contributed by atoms with Crippen molar-refractivity contribution < 1.29 is 14.3 Å². The van der Waals surface area contributed by atoms with Crippen LogP contribution in [0.15, 0.2) is 54.6 Å². The molecule has 2 aromatic carbocycles. The summed E-state index contributed by atoms with van der Waals surface area (Å²) in [6.07, 6.45) is 17.3. The highest BCUT2D eigenvalue weighted by Gasteiger charge is 2.15. The molecular weight excluding hydrogens is 396 g/mol. The summed E-state index contributed by atoms with van der Waals surface area (Å²) in [5.74, 6) is 1.76. The zero-order valence-corrected chi connectivity index (χ0v) is 19.6. The van der Waals surface area contributed by atoms with Crippen LogP contribution in [0.1, 0.15) is 94.6 Å². The lowest BCUT2D eigenvalue weighted by Crippen LogP contribution is -2.06. The molecule has 0 radical (unpaired) electrons. The summed E-state index contributed by atoms with van der Waals surface area (Å²) in [7, 11) is 0. The summed E-state index contributed by atoms with van der Waals surface area (Å²) in [5.41, 5.74) is 2.31. The zero-order valence-electron chi connectivity index (χ0n) is 19.6. The number of hydrogen-bond donors (Lipinski definition) is 0. The maximum Gasteiger partial charge on any atom is 0.336 e. The van der Waals surface area contributed by atoms with Crippen LogP contribution >= 0.6 is 0 Å². The molecule has 0 N–H and O–H groups in total. The summed E-state index contributed by atoms with van der Waals surface area (Å²) in [6, 6.07) is 15.8. The normalized spacial score (nSPS) is 14.5. The molecule has 1 aliphatic rings. The van der Waals surface area contributed by atoms with Gasteiger partial charge < -0.3 is 9.47 Å². The topological polar surface area (TPSA) is 35.5 Å². The molecule has 172 valence electrons. The molecule has 0 aliphatic heterocycles. The molecule has 1 saturated carbocycles. The summed E-state index contributed by atoms with van der Waals surface area (Å²) in [4.78, 5) is 12.2. The van der Waals surface area contributed by atoms with Crippen LogP contribution in [-0.2, 0) is 4.79 Å².